The van der Waals surface area contributed by atoms with Crippen LogP contribution in [-0.4, -0.2) is 40.8 Å². The Morgan fingerprint density at radius 3 is 2.85 bits per heavy atom. The minimum Gasteiger partial charge on any atom is -0.491 e. The number of nitrogens with zero attached hydrogens (tertiary/aromatic N) is 2. The standard InChI is InChI=1S/C20H21FN2O2S/c21-14-7-9-16(10-8-14)25-13-15(24)12-23-11-3-5-18(23)20-22-17-4-1-2-6-19(17)26-20/h1-2,4,6-10,15,18,24H,3,5,11-13H2. The number of β-amino-alcohol motifs (C(OH)–C–C–N with tert-alkyl or cyclic N) is 1. The van der Waals surface area contributed by atoms with Crippen LogP contribution in [0, 0.1) is 5.82 Å². The van der Waals surface area contributed by atoms with Crippen LogP contribution in [0.2, 0.25) is 0 Å². The molecule has 2 aromatic carbocycles. The highest BCUT2D eigenvalue weighted by Gasteiger charge is 2.30. The van der Waals surface area contributed by atoms with Gasteiger partial charge in [0.25, 0.3) is 0 Å². The van der Waals surface area contributed by atoms with Gasteiger partial charge in [0.05, 0.1) is 16.3 Å². The molecule has 2 atom stereocenters. The Kier molecular flexibility index (Phi) is 5.15. The summed E-state index contributed by atoms with van der Waals surface area (Å²) < 4.78 is 19.7. The van der Waals surface area contributed by atoms with Crippen molar-refractivity contribution in [3.8, 4) is 5.75 Å². The number of rotatable bonds is 6. The summed E-state index contributed by atoms with van der Waals surface area (Å²) in [6, 6.07) is 14.3. The number of ether oxygens (including phenoxy) is 1. The summed E-state index contributed by atoms with van der Waals surface area (Å²) in [4.78, 5) is 7.07. The van der Waals surface area contributed by atoms with Gasteiger partial charge in [0, 0.05) is 6.54 Å². The predicted octanol–water partition coefficient (Wildman–Crippen LogP) is 4.01. The molecule has 0 bridgehead atoms. The van der Waals surface area contributed by atoms with Crippen LogP contribution in [0.3, 0.4) is 0 Å². The van der Waals surface area contributed by atoms with Crippen molar-refractivity contribution in [1.82, 2.24) is 9.88 Å². The highest BCUT2D eigenvalue weighted by molar-refractivity contribution is 7.18. The molecule has 4 nitrogen and oxygen atoms in total. The number of thiazole rings is 1. The first kappa shape index (κ1) is 17.4. The minimum absolute atomic E-state index is 0.189. The molecule has 1 fully saturated rings. The normalized spacial score (nSPS) is 19.1. The van der Waals surface area contributed by atoms with E-state index in [-0.39, 0.29) is 18.5 Å². The topological polar surface area (TPSA) is 45.6 Å². The van der Waals surface area contributed by atoms with E-state index in [4.69, 9.17) is 9.72 Å². The second-order valence-electron chi connectivity index (χ2n) is 6.59. The van der Waals surface area contributed by atoms with Crippen molar-refractivity contribution in [2.24, 2.45) is 0 Å². The Balaban J connectivity index is 1.37. The maximum absolute atomic E-state index is 12.9. The summed E-state index contributed by atoms with van der Waals surface area (Å²) in [5.74, 6) is 0.267. The molecule has 0 radical (unpaired) electrons. The highest BCUT2D eigenvalue weighted by Crippen LogP contribution is 2.36. The molecule has 1 saturated heterocycles. The van der Waals surface area contributed by atoms with Crippen molar-refractivity contribution in [2.75, 3.05) is 19.7 Å². The molecule has 1 aliphatic rings. The molecule has 1 aromatic heterocycles. The van der Waals surface area contributed by atoms with E-state index in [9.17, 15) is 9.50 Å². The molecule has 2 unspecified atom stereocenters. The summed E-state index contributed by atoms with van der Waals surface area (Å²) in [5.41, 5.74) is 1.04. The van der Waals surface area contributed by atoms with Crippen molar-refractivity contribution in [1.29, 1.82) is 0 Å². The van der Waals surface area contributed by atoms with E-state index < -0.39 is 6.10 Å². The van der Waals surface area contributed by atoms with Crippen LogP contribution in [-0.2, 0) is 0 Å². The molecule has 26 heavy (non-hydrogen) atoms. The molecule has 0 saturated carbocycles. The lowest BCUT2D eigenvalue weighted by Crippen LogP contribution is -2.35. The molecule has 0 amide bonds. The van der Waals surface area contributed by atoms with E-state index in [1.54, 1.807) is 23.5 Å². The third-order valence-electron chi connectivity index (χ3n) is 4.66. The smallest absolute Gasteiger partial charge is 0.123 e. The molecule has 6 heteroatoms. The van der Waals surface area contributed by atoms with E-state index in [1.807, 2.05) is 18.2 Å². The van der Waals surface area contributed by atoms with Gasteiger partial charge in [-0.2, -0.15) is 0 Å². The van der Waals surface area contributed by atoms with Crippen LogP contribution in [0.5, 0.6) is 5.75 Å². The molecular weight excluding hydrogens is 351 g/mol. The van der Waals surface area contributed by atoms with Crippen LogP contribution in [0.1, 0.15) is 23.9 Å². The number of likely N-dealkylation sites (tertiary alicyclic amines) is 1. The first-order valence-electron chi connectivity index (χ1n) is 8.85. The second-order valence-corrected chi connectivity index (χ2v) is 7.65. The lowest BCUT2D eigenvalue weighted by atomic mass is 10.2. The average Bonchev–Trinajstić information content (AvgIpc) is 3.27. The van der Waals surface area contributed by atoms with Gasteiger partial charge in [0.1, 0.15) is 29.3 Å². The average molecular weight is 372 g/mol. The number of aliphatic hydroxyl groups is 1. The first-order valence-corrected chi connectivity index (χ1v) is 9.66. The predicted molar refractivity (Wildman–Crippen MR) is 101 cm³/mol. The Hall–Kier alpha value is -2.02. The number of aromatic nitrogens is 1. The maximum atomic E-state index is 12.9. The molecule has 136 valence electrons. The van der Waals surface area contributed by atoms with Crippen molar-refractivity contribution in [3.63, 3.8) is 0 Å². The van der Waals surface area contributed by atoms with Crippen LogP contribution in [0.15, 0.2) is 48.5 Å². The van der Waals surface area contributed by atoms with Crippen molar-refractivity contribution in [2.45, 2.75) is 25.0 Å². The number of halogens is 1. The number of hydrogen-bond donors (Lipinski definition) is 1. The third-order valence-corrected chi connectivity index (χ3v) is 5.80. The van der Waals surface area contributed by atoms with Crippen LogP contribution < -0.4 is 4.74 Å². The summed E-state index contributed by atoms with van der Waals surface area (Å²) in [5, 5.41) is 11.5. The lowest BCUT2D eigenvalue weighted by molar-refractivity contribution is 0.0638. The molecule has 1 N–H and O–H groups in total. The number of para-hydroxylation sites is 1. The van der Waals surface area contributed by atoms with Gasteiger partial charge < -0.3 is 9.84 Å². The molecule has 4 rings (SSSR count). The summed E-state index contributed by atoms with van der Waals surface area (Å²) in [7, 11) is 0. The molecule has 0 aliphatic carbocycles. The Morgan fingerprint density at radius 2 is 2.04 bits per heavy atom. The zero-order valence-electron chi connectivity index (χ0n) is 14.3. The van der Waals surface area contributed by atoms with Gasteiger partial charge in [-0.1, -0.05) is 12.1 Å². The highest BCUT2D eigenvalue weighted by atomic mass is 32.1. The Labute approximate surface area is 155 Å². The van der Waals surface area contributed by atoms with E-state index in [0.717, 1.165) is 29.9 Å². The molecule has 3 aromatic rings. The number of aliphatic hydroxyl groups excluding tert-OH is 1. The summed E-state index contributed by atoms with van der Waals surface area (Å²) in [6.45, 7) is 1.69. The molecular formula is C20H21FN2O2S. The van der Waals surface area contributed by atoms with E-state index >= 15 is 0 Å². The maximum Gasteiger partial charge on any atom is 0.123 e. The van der Waals surface area contributed by atoms with Gasteiger partial charge >= 0.3 is 0 Å². The molecule has 0 spiro atoms. The fraction of sp³-hybridized carbons (Fsp3) is 0.350. The van der Waals surface area contributed by atoms with E-state index in [0.29, 0.717) is 12.3 Å². The van der Waals surface area contributed by atoms with E-state index in [1.165, 1.54) is 16.8 Å². The lowest BCUT2D eigenvalue weighted by Gasteiger charge is -2.25. The van der Waals surface area contributed by atoms with Gasteiger partial charge in [-0.3, -0.25) is 4.90 Å². The first-order chi connectivity index (χ1) is 12.7. The third kappa shape index (κ3) is 3.87. The Morgan fingerprint density at radius 1 is 1.23 bits per heavy atom. The summed E-state index contributed by atoms with van der Waals surface area (Å²) >= 11 is 1.74. The van der Waals surface area contributed by atoms with E-state index in [2.05, 4.69) is 11.0 Å². The number of hydrogen-bond acceptors (Lipinski definition) is 5. The minimum atomic E-state index is -0.602. The zero-order chi connectivity index (χ0) is 17.9. The van der Waals surface area contributed by atoms with Crippen molar-refractivity contribution in [3.05, 3.63) is 59.4 Å². The summed E-state index contributed by atoms with van der Waals surface area (Å²) in [6.07, 6.45) is 1.56. The van der Waals surface area contributed by atoms with Crippen molar-refractivity contribution >= 4 is 21.6 Å². The van der Waals surface area contributed by atoms with Gasteiger partial charge in [0.15, 0.2) is 0 Å². The van der Waals surface area contributed by atoms with Crippen molar-refractivity contribution < 1.29 is 14.2 Å². The largest absolute Gasteiger partial charge is 0.491 e. The monoisotopic (exact) mass is 372 g/mol. The molecule has 2 heterocycles. The SMILES string of the molecule is OC(COc1ccc(F)cc1)CN1CCCC1c1nc2ccccc2s1. The van der Waals surface area contributed by atoms with Gasteiger partial charge in [-0.25, -0.2) is 9.37 Å². The zero-order valence-corrected chi connectivity index (χ0v) is 15.2. The van der Waals surface area contributed by atoms with Crippen LogP contribution in [0.4, 0.5) is 4.39 Å². The second kappa shape index (κ2) is 7.70. The Bertz CT molecular complexity index is 835. The number of fused-ring (bicyclic) bond motifs is 1. The fourth-order valence-corrected chi connectivity index (χ4v) is 4.54. The fourth-order valence-electron chi connectivity index (χ4n) is 3.40. The van der Waals surface area contributed by atoms with Gasteiger partial charge in [-0.05, 0) is 55.8 Å². The molecule has 1 aliphatic heterocycles. The van der Waals surface area contributed by atoms with Crippen LogP contribution in [0.25, 0.3) is 10.2 Å². The number of benzene rings is 2. The quantitative estimate of drug-likeness (QED) is 0.710. The van der Waals surface area contributed by atoms with Gasteiger partial charge in [-0.15, -0.1) is 11.3 Å². The van der Waals surface area contributed by atoms with Crippen LogP contribution >= 0.6 is 11.3 Å². The van der Waals surface area contributed by atoms with Gasteiger partial charge in [0.2, 0.25) is 0 Å².